The van der Waals surface area contributed by atoms with Crippen LogP contribution in [0.25, 0.3) is 0 Å². The molecule has 5 nitrogen and oxygen atoms in total. The summed E-state index contributed by atoms with van der Waals surface area (Å²) in [6.45, 7) is 0. The van der Waals surface area contributed by atoms with E-state index in [1.807, 2.05) is 0 Å². The van der Waals surface area contributed by atoms with Gasteiger partial charge in [-0.3, -0.25) is 4.55 Å². The summed E-state index contributed by atoms with van der Waals surface area (Å²) in [5.74, 6) is -1.58. The second-order valence-corrected chi connectivity index (χ2v) is 8.52. The zero-order valence-corrected chi connectivity index (χ0v) is 14.3. The van der Waals surface area contributed by atoms with Crippen LogP contribution in [-0.2, 0) is 16.5 Å². The highest BCUT2D eigenvalue weighted by atomic mass is 32.2. The summed E-state index contributed by atoms with van der Waals surface area (Å²) >= 11 is 0.649. The van der Waals surface area contributed by atoms with Crippen LogP contribution in [0.4, 0.5) is 32.0 Å². The largest absolute Gasteiger partial charge is 0.573 e. The molecule has 0 fully saturated rings. The van der Waals surface area contributed by atoms with E-state index in [9.17, 15) is 34.8 Å². The van der Waals surface area contributed by atoms with Crippen molar-refractivity contribution >= 4 is 27.6 Å². The Morgan fingerprint density at radius 3 is 2.42 bits per heavy atom. The Labute approximate surface area is 148 Å². The van der Waals surface area contributed by atoms with Crippen LogP contribution in [0.5, 0.6) is 5.75 Å². The lowest BCUT2D eigenvalue weighted by atomic mass is 9.95. The monoisotopic (exact) mass is 423 g/mol. The van der Waals surface area contributed by atoms with Crippen LogP contribution in [0.3, 0.4) is 0 Å². The highest BCUT2D eigenvalue weighted by Crippen LogP contribution is 2.53. The van der Waals surface area contributed by atoms with Crippen molar-refractivity contribution in [1.82, 2.24) is 0 Å². The number of ether oxygens (including phenoxy) is 1. The quantitative estimate of drug-likeness (QED) is 0.592. The van der Waals surface area contributed by atoms with Crippen molar-refractivity contribution in [3.8, 4) is 5.75 Å². The summed E-state index contributed by atoms with van der Waals surface area (Å²) < 4.78 is 113. The van der Waals surface area contributed by atoms with Gasteiger partial charge in [-0.25, -0.2) is 0 Å². The molecular weight excluding hydrogens is 412 g/mol. The summed E-state index contributed by atoms with van der Waals surface area (Å²) in [5.41, 5.74) is 0.235. The lowest BCUT2D eigenvalue weighted by molar-refractivity contribution is -0.274. The maximum Gasteiger partial charge on any atom is 0.573 e. The third-order valence-corrected chi connectivity index (χ3v) is 6.13. The van der Waals surface area contributed by atoms with Gasteiger partial charge in [0.1, 0.15) is 17.5 Å². The normalized spacial score (nSPS) is 23.1. The molecule has 3 rings (SSSR count). The Morgan fingerprint density at radius 2 is 1.88 bits per heavy atom. The Hall–Kier alpha value is -1.34. The molecule has 0 amide bonds. The van der Waals surface area contributed by atoms with E-state index in [1.165, 1.54) is 0 Å². The Balaban J connectivity index is 2.06. The number of nitrogens with zero attached hydrogens (tertiary/aromatic N) is 1. The smallest absolute Gasteiger partial charge is 0.406 e. The minimum Gasteiger partial charge on any atom is -0.406 e. The SMILES string of the molecule is O=S(=O)(O)CC1Sc2cc(OC(F)(F)F)cc3c2N1C(C(F)(F)F)CC3. The van der Waals surface area contributed by atoms with Crippen LogP contribution in [0, 0.1) is 0 Å². The Kier molecular flexibility index (Phi) is 4.55. The number of hydrogen-bond acceptors (Lipinski definition) is 5. The zero-order valence-electron chi connectivity index (χ0n) is 12.6. The number of halogens is 6. The van der Waals surface area contributed by atoms with E-state index in [0.717, 1.165) is 17.0 Å². The van der Waals surface area contributed by atoms with Crippen molar-refractivity contribution in [2.45, 2.75) is 41.7 Å². The Morgan fingerprint density at radius 1 is 1.23 bits per heavy atom. The molecule has 13 heteroatoms. The van der Waals surface area contributed by atoms with Gasteiger partial charge in [-0.2, -0.15) is 21.6 Å². The van der Waals surface area contributed by atoms with Gasteiger partial charge < -0.3 is 9.64 Å². The van der Waals surface area contributed by atoms with E-state index >= 15 is 0 Å². The standard InChI is InChI=1S/C13H11F6NO4S2/c14-12(15,16)9-2-1-6-3-7(24-13(17,18)19)4-8-11(6)20(9)10(25-8)5-26(21,22)23/h3-4,9-10H,1-2,5H2,(H,21,22,23). The van der Waals surface area contributed by atoms with Gasteiger partial charge in [-0.15, -0.1) is 13.2 Å². The van der Waals surface area contributed by atoms with Gasteiger partial charge >= 0.3 is 12.5 Å². The van der Waals surface area contributed by atoms with E-state index in [2.05, 4.69) is 4.74 Å². The lowest BCUT2D eigenvalue weighted by Gasteiger charge is -2.39. The molecule has 1 aromatic rings. The third-order valence-electron chi connectivity index (χ3n) is 3.95. The summed E-state index contributed by atoms with van der Waals surface area (Å²) in [6, 6.07) is -0.0698. The first-order chi connectivity index (χ1) is 11.7. The van der Waals surface area contributed by atoms with Gasteiger partial charge in [0, 0.05) is 4.90 Å². The van der Waals surface area contributed by atoms with Gasteiger partial charge in [-0.05, 0) is 30.5 Å². The molecule has 1 N–H and O–H groups in total. The number of rotatable bonds is 3. The average molecular weight is 423 g/mol. The molecule has 2 atom stereocenters. The van der Waals surface area contributed by atoms with Crippen molar-refractivity contribution in [2.75, 3.05) is 10.7 Å². The molecule has 146 valence electrons. The first-order valence-corrected chi connectivity index (χ1v) is 9.63. The summed E-state index contributed by atoms with van der Waals surface area (Å²) in [6.07, 6.45) is -10.2. The van der Waals surface area contributed by atoms with E-state index in [-0.39, 0.29) is 22.6 Å². The molecule has 1 aromatic carbocycles. The van der Waals surface area contributed by atoms with Gasteiger partial charge in [0.2, 0.25) is 0 Å². The Bertz CT molecular complexity index is 823. The van der Waals surface area contributed by atoms with Crippen LogP contribution in [0.1, 0.15) is 12.0 Å². The van der Waals surface area contributed by atoms with Gasteiger partial charge in [0.25, 0.3) is 10.1 Å². The number of alkyl halides is 6. The predicted octanol–water partition coefficient (Wildman–Crippen LogP) is 3.59. The molecule has 0 saturated carbocycles. The molecule has 2 aliphatic heterocycles. The molecule has 26 heavy (non-hydrogen) atoms. The highest BCUT2D eigenvalue weighted by Gasteiger charge is 2.52. The molecule has 0 aromatic heterocycles. The van der Waals surface area contributed by atoms with Crippen LogP contribution >= 0.6 is 11.8 Å². The molecular formula is C13H11F6NO4S2. The fourth-order valence-electron chi connectivity index (χ4n) is 3.15. The molecule has 0 aliphatic carbocycles. The molecule has 0 spiro atoms. The van der Waals surface area contributed by atoms with Crippen molar-refractivity contribution in [3.05, 3.63) is 17.7 Å². The van der Waals surface area contributed by atoms with Crippen LogP contribution in [0.2, 0.25) is 0 Å². The van der Waals surface area contributed by atoms with Crippen LogP contribution in [-0.4, -0.2) is 42.7 Å². The molecule has 2 aliphatic rings. The molecule has 0 radical (unpaired) electrons. The van der Waals surface area contributed by atoms with Crippen LogP contribution < -0.4 is 9.64 Å². The lowest BCUT2D eigenvalue weighted by Crippen LogP contribution is -2.52. The van der Waals surface area contributed by atoms with E-state index < -0.39 is 52.0 Å². The number of anilines is 1. The van der Waals surface area contributed by atoms with E-state index in [1.54, 1.807) is 0 Å². The first kappa shape index (κ1) is 19.4. The second-order valence-electron chi connectivity index (χ2n) is 5.80. The zero-order chi connectivity index (χ0) is 19.5. The minimum absolute atomic E-state index is 0.0340. The van der Waals surface area contributed by atoms with Gasteiger partial charge in [0.05, 0.1) is 11.1 Å². The molecule has 0 saturated heterocycles. The van der Waals surface area contributed by atoms with Gasteiger partial charge in [-0.1, -0.05) is 11.8 Å². The van der Waals surface area contributed by atoms with E-state index in [0.29, 0.717) is 11.8 Å². The summed E-state index contributed by atoms with van der Waals surface area (Å²) in [5, 5.41) is -1.31. The predicted molar refractivity (Wildman–Crippen MR) is 79.8 cm³/mol. The van der Waals surface area contributed by atoms with Crippen molar-refractivity contribution in [3.63, 3.8) is 0 Å². The number of thioether (sulfide) groups is 1. The molecule has 0 bridgehead atoms. The topological polar surface area (TPSA) is 66.8 Å². The highest BCUT2D eigenvalue weighted by molar-refractivity contribution is 8.01. The summed E-state index contributed by atoms with van der Waals surface area (Å²) in [4.78, 5) is 0.869. The van der Waals surface area contributed by atoms with Crippen LogP contribution in [0.15, 0.2) is 17.0 Å². The second kappa shape index (κ2) is 6.09. The fraction of sp³-hybridized carbons (Fsp3) is 0.538. The van der Waals surface area contributed by atoms with Crippen molar-refractivity contribution in [1.29, 1.82) is 0 Å². The average Bonchev–Trinajstić information content (AvgIpc) is 2.73. The molecule has 2 unspecified atom stereocenters. The van der Waals surface area contributed by atoms with Gasteiger partial charge in [0.15, 0.2) is 0 Å². The van der Waals surface area contributed by atoms with Crippen molar-refractivity contribution < 1.29 is 44.0 Å². The molecule has 2 heterocycles. The minimum atomic E-state index is -4.97. The third kappa shape index (κ3) is 3.98. The maximum atomic E-state index is 13.4. The van der Waals surface area contributed by atoms with Crippen molar-refractivity contribution in [2.24, 2.45) is 0 Å². The maximum absolute atomic E-state index is 13.4. The number of hydrogen-bond donors (Lipinski definition) is 1. The first-order valence-electron chi connectivity index (χ1n) is 7.14. The summed E-state index contributed by atoms with van der Waals surface area (Å²) in [7, 11) is -4.61. The van der Waals surface area contributed by atoms with E-state index in [4.69, 9.17) is 4.55 Å². The number of benzene rings is 1. The number of aryl methyl sites for hydroxylation is 1. The fourth-order valence-corrected chi connectivity index (χ4v) is 5.66.